The summed E-state index contributed by atoms with van der Waals surface area (Å²) in [5.74, 6) is 0. The lowest BCUT2D eigenvalue weighted by Gasteiger charge is -2.28. The van der Waals surface area contributed by atoms with Gasteiger partial charge in [0.2, 0.25) is 0 Å². The second kappa shape index (κ2) is 39.8. The van der Waals surface area contributed by atoms with Crippen molar-refractivity contribution in [2.45, 2.75) is 199 Å². The van der Waals surface area contributed by atoms with Crippen molar-refractivity contribution in [1.82, 2.24) is 49.3 Å². The maximum Gasteiger partial charge on any atom is 0.0691 e. The van der Waals surface area contributed by atoms with E-state index in [1.807, 2.05) is 34.0 Å². The summed E-state index contributed by atoms with van der Waals surface area (Å²) < 4.78 is 68.6. The van der Waals surface area contributed by atoms with E-state index in [1.54, 1.807) is 33.4 Å². The van der Waals surface area contributed by atoms with Crippen molar-refractivity contribution in [2.75, 3.05) is 121 Å². The second-order valence-electron chi connectivity index (χ2n) is 45.1. The fourth-order valence-electron chi connectivity index (χ4n) is 23.1. The number of H-pyrrole nitrogens is 2. The molecule has 0 spiro atoms. The maximum absolute atomic E-state index is 5.00. The first-order valence-corrected chi connectivity index (χ1v) is 55.6. The van der Waals surface area contributed by atoms with Crippen LogP contribution in [0.3, 0.4) is 0 Å². The number of hydrogen-bond donors (Lipinski definition) is 2. The molecule has 6 aliphatic rings. The number of aryl methyl sites for hydroxylation is 22. The summed E-state index contributed by atoms with van der Waals surface area (Å²) in [6.07, 6.45) is 3.21. The number of aromatic nitrogens is 4. The van der Waals surface area contributed by atoms with Crippen LogP contribution >= 0.6 is 34.0 Å². The SMILES string of the molecule is CC1=C(C)c2cc3[nH]c(cc4[nH]c(cc5nc(cc1n2)C(C)=C5C)c(C)c4C)c(C)c3C.CN1CCN(C)CCN(C)CCN(C)CCN(C)CCN(C)CC1.Cc1cc2c(cc1C)-c1c(c3c(c4c1Cc1cc(C)c(C)cc1-4)Cc1cc(C)c(C)cc1-3)C2.Cc1cc2c3cc(C)c(C)cc3c3cc(C)c(C)cc3c2cc1C.Cc1cc2sc3c(c2cc1C)c1sc2cc(C)c(C)cc2c1c1sc2cc(C)c(C)cc2c31.[2HH].[2HH].[2HH].[2H][2H].[2H][2H].[2H][2H].[2H][2H].[2H][2H].[2H][2H]. The number of allylic oxidation sites excluding steroid dienone is 4. The van der Waals surface area contributed by atoms with Crippen LogP contribution < -0.4 is 0 Å². The smallest absolute Gasteiger partial charge is 0.0691 e. The van der Waals surface area contributed by atoms with Crippen LogP contribution in [0.15, 0.2) is 133 Å². The number of benzene rings is 12. The molecule has 1 fully saturated rings. The fourth-order valence-corrected chi connectivity index (χ4v) is 27.3. The Bertz CT molecular complexity index is 7900. The molecule has 3 aliphatic carbocycles. The molecule has 9 heterocycles. The van der Waals surface area contributed by atoms with Crippen LogP contribution in [0.1, 0.15) is 228 Å². The van der Waals surface area contributed by atoms with E-state index in [0.717, 1.165) is 143 Å². The molecule has 18 aromatic rings. The zero-order chi connectivity index (χ0) is 116. The lowest BCUT2D eigenvalue weighted by molar-refractivity contribution is 0.181. The molecule has 6 aromatic heterocycles. The van der Waals surface area contributed by atoms with Gasteiger partial charge in [0.15, 0.2) is 0 Å². The first-order chi connectivity index (χ1) is 75.5. The number of likely N-dealkylation sites (N-methyl/N-ethyl adjacent to an activating group) is 6. The van der Waals surface area contributed by atoms with E-state index in [-0.39, 0.29) is 4.28 Å². The van der Waals surface area contributed by atoms with Crippen molar-refractivity contribution in [1.29, 1.82) is 0 Å². The lowest BCUT2D eigenvalue weighted by Crippen LogP contribution is -2.42. The van der Waals surface area contributed by atoms with Gasteiger partial charge in [-0.05, 0) is 546 Å². The average Bonchev–Trinajstić information content (AvgIpc) is 1.53. The molecule has 0 amide bonds. The summed E-state index contributed by atoms with van der Waals surface area (Å²) in [6, 6.07) is 52.2. The van der Waals surface area contributed by atoms with Crippen molar-refractivity contribution in [2.24, 2.45) is 0 Å². The number of fused-ring (bicyclic) bond motifs is 38. The van der Waals surface area contributed by atoms with Gasteiger partial charge in [0.25, 0.3) is 0 Å². The van der Waals surface area contributed by atoms with Crippen molar-refractivity contribution < 1.29 is 22.1 Å². The molecule has 0 unspecified atom stereocenters. The highest BCUT2D eigenvalue weighted by Crippen LogP contribution is 2.59. The van der Waals surface area contributed by atoms with Gasteiger partial charge in [0.1, 0.15) is 0 Å². The molecule has 13 heteroatoms. The largest absolute Gasteiger partial charge is 0.355 e. The van der Waals surface area contributed by atoms with Gasteiger partial charge >= 0.3 is 0 Å². The molecule has 768 valence electrons. The van der Waals surface area contributed by atoms with Gasteiger partial charge in [-0.3, -0.25) is 0 Å². The summed E-state index contributed by atoms with van der Waals surface area (Å²) in [4.78, 5) is 32.0. The number of aromatic amines is 2. The molecule has 2 N–H and O–H groups in total. The Morgan fingerprint density at radius 1 is 0.219 bits per heavy atom. The summed E-state index contributed by atoms with van der Waals surface area (Å²) in [6.45, 7) is 71.4. The van der Waals surface area contributed by atoms with Crippen LogP contribution in [0, 0.1) is 152 Å². The van der Waals surface area contributed by atoms with Gasteiger partial charge in [0.05, 0.1) is 22.8 Å². The second-order valence-corrected chi connectivity index (χ2v) is 48.3. The molecule has 8 bridgehead atoms. The van der Waals surface area contributed by atoms with Crippen molar-refractivity contribution >= 4 is 171 Å². The van der Waals surface area contributed by atoms with Crippen LogP contribution in [0.5, 0.6) is 0 Å². The van der Waals surface area contributed by atoms with Gasteiger partial charge in [-0.2, -0.15) is 0 Å². The summed E-state index contributed by atoms with van der Waals surface area (Å²) in [5, 5.41) is 17.0. The third-order valence-electron chi connectivity index (χ3n) is 35.0. The summed E-state index contributed by atoms with van der Waals surface area (Å²) >= 11 is 5.96. The number of thiophene rings is 3. The van der Waals surface area contributed by atoms with Gasteiger partial charge < -0.3 is 39.4 Å². The molecule has 0 atom stereocenters. The van der Waals surface area contributed by atoms with Gasteiger partial charge in [-0.15, -0.1) is 34.0 Å². The molecular formula is C133H168N10S3. The van der Waals surface area contributed by atoms with Crippen LogP contribution in [0.25, 0.3) is 171 Å². The van der Waals surface area contributed by atoms with Gasteiger partial charge in [-0.25, -0.2) is 9.97 Å². The predicted molar refractivity (Wildman–Crippen MR) is 661 cm³/mol. The quantitative estimate of drug-likeness (QED) is 0.146. The number of rotatable bonds is 0. The monoisotopic (exact) mass is 2020 g/mol. The molecule has 3 aliphatic heterocycles. The first-order valence-electron chi connectivity index (χ1n) is 59.2. The number of nitrogens with zero attached hydrogens (tertiary/aromatic N) is 8. The summed E-state index contributed by atoms with van der Waals surface area (Å²) in [5.41, 5.74) is 61.8. The Hall–Kier alpha value is -11.6. The summed E-state index contributed by atoms with van der Waals surface area (Å²) in [7, 11) is 13.5. The van der Waals surface area contributed by atoms with E-state index in [4.69, 9.17) is 27.8 Å². The van der Waals surface area contributed by atoms with Crippen LogP contribution in [0.2, 0.25) is 0 Å². The van der Waals surface area contributed by atoms with E-state index >= 15 is 0 Å². The zero-order valence-electron chi connectivity index (χ0n) is 105. The van der Waals surface area contributed by atoms with Crippen molar-refractivity contribution in [3.05, 3.63) is 312 Å². The molecule has 24 rings (SSSR count). The Morgan fingerprint density at radius 3 is 0.630 bits per heavy atom. The average molecular weight is 2020 g/mol. The first kappa shape index (κ1) is 94.2. The topological polar surface area (TPSA) is 76.8 Å². The van der Waals surface area contributed by atoms with Crippen molar-refractivity contribution in [3.63, 3.8) is 0 Å². The minimum Gasteiger partial charge on any atom is -0.355 e. The van der Waals surface area contributed by atoms with E-state index in [2.05, 4.69) is 395 Å². The van der Waals surface area contributed by atoms with Crippen LogP contribution in [-0.2, 0) is 19.3 Å². The minimum atomic E-state index is 0. The number of nitrogens with one attached hydrogen (secondary N) is 2. The van der Waals surface area contributed by atoms with E-state index < -0.39 is 0 Å². The molecular weight excluding hydrogens is 1830 g/mol. The highest BCUT2D eigenvalue weighted by Gasteiger charge is 2.39. The van der Waals surface area contributed by atoms with Gasteiger partial charge in [0, 0.05) is 183 Å². The minimum absolute atomic E-state index is 0. The molecule has 12 aromatic carbocycles. The number of hydrogen-bond acceptors (Lipinski definition) is 11. The van der Waals surface area contributed by atoms with Crippen LogP contribution in [-0.4, -0.2) is 170 Å². The lowest BCUT2D eigenvalue weighted by atomic mass is 9.86. The molecule has 146 heavy (non-hydrogen) atoms. The molecule has 0 radical (unpaired) electrons. The third-order valence-corrected chi connectivity index (χ3v) is 38.5. The van der Waals surface area contributed by atoms with Gasteiger partial charge in [-0.1, -0.05) is 72.8 Å². The Kier molecular flexibility index (Phi) is 25.7. The predicted octanol–water partition coefficient (Wildman–Crippen LogP) is 35.1. The highest BCUT2D eigenvalue weighted by atomic mass is 32.1. The molecule has 1 saturated heterocycles. The highest BCUT2D eigenvalue weighted by molar-refractivity contribution is 7.34. The van der Waals surface area contributed by atoms with E-state index in [9.17, 15) is 0 Å². The Labute approximate surface area is 902 Å². The van der Waals surface area contributed by atoms with E-state index in [0.29, 0.717) is 0 Å². The molecule has 0 saturated carbocycles. The Balaban J connectivity index is 0.000000185. The molecule has 10 nitrogen and oxygen atoms in total. The normalized spacial score (nSPS) is 15.6. The fraction of sp³-hybridized carbons (Fsp3) is 0.353. The zero-order valence-corrected chi connectivity index (χ0v) is 95.6. The van der Waals surface area contributed by atoms with E-state index in [1.165, 1.54) is 271 Å². The van der Waals surface area contributed by atoms with Crippen LogP contribution in [0.4, 0.5) is 0 Å². The Morgan fingerprint density at radius 2 is 0.404 bits per heavy atom. The van der Waals surface area contributed by atoms with Crippen molar-refractivity contribution in [3.8, 4) is 33.4 Å². The maximum atomic E-state index is 5.00. The standard InChI is InChI=1S/C33H30.C30H24S3.C28H30N4.C24H24.C18H42N6.9H2/c1-16-7-22-13-28-31(25(22)10-19(16)4)29-14-23-8-17(2)21(6)12-27(23)33(29)30-15-24-9-18(3)20(5)11-26(24)32(28)30;1-13-7-19-22(10-16(13)4)31-28-25(19)29-27(20-8-14(2)17(5)11-23(20)32-29)30-26(28)21-9-15(3)18(6)12-24(21)33-30;1-13-14(2)22-10-24-17(5)18(6)26(31-24)12-28-20(8)19(7)27(32-28)11-25-16(4)15(3)23(30-25)9-21(13)29-22;1-13-7-19-20(8-14(13)2)22-10-16(4)18(6)12-24(22)23-11-17(5)15(3)9-21(19)23;1-19-7-9-20(2)11-13-22(4)15-17-24(6)18-16-23(5)14-12-21(3)10-8-19;;;;;;;;;/h7-12H,13-15H2,1-6H3;7-12H,1-6H3;9-12,29-30H,1-8H3;7-12H,1-6H3;7-18H2,1-6H3;9*1H/i;;;;;6*1+1D;3*1+1. The third kappa shape index (κ3) is 18.6.